The van der Waals surface area contributed by atoms with E-state index in [2.05, 4.69) is 5.32 Å². The van der Waals surface area contributed by atoms with Crippen LogP contribution in [0.5, 0.6) is 0 Å². The number of likely N-dealkylation sites (N-methyl/N-ethyl adjacent to an activating group) is 1. The van der Waals surface area contributed by atoms with Gasteiger partial charge in [0.2, 0.25) is 5.91 Å². The molecule has 1 N–H and O–H groups in total. The monoisotopic (exact) mass is 304 g/mol. The number of nitrogens with zero attached hydrogens (tertiary/aromatic N) is 1. The zero-order valence-electron chi connectivity index (χ0n) is 11.4. The molecular weight excluding hydrogens is 286 g/mol. The van der Waals surface area contributed by atoms with Gasteiger partial charge in [0, 0.05) is 26.1 Å². The van der Waals surface area contributed by atoms with E-state index in [0.29, 0.717) is 0 Å². The molecule has 1 aromatic rings. The normalized spacial score (nSPS) is 17.6. The molecule has 1 aliphatic heterocycles. The van der Waals surface area contributed by atoms with Crippen LogP contribution in [0.2, 0.25) is 0 Å². The highest BCUT2D eigenvalue weighted by molar-refractivity contribution is 5.85. The molecule has 1 aromatic carbocycles. The summed E-state index contributed by atoms with van der Waals surface area (Å²) in [6, 6.07) is 3.54. The van der Waals surface area contributed by atoms with Crippen molar-refractivity contribution < 1.29 is 13.6 Å². The second-order valence-corrected chi connectivity index (χ2v) is 4.89. The van der Waals surface area contributed by atoms with E-state index in [1.165, 1.54) is 0 Å². The maximum Gasteiger partial charge on any atom is 0.222 e. The van der Waals surface area contributed by atoms with Crippen LogP contribution in [0.3, 0.4) is 0 Å². The minimum absolute atomic E-state index is 0. The van der Waals surface area contributed by atoms with Crippen LogP contribution in [0.15, 0.2) is 18.2 Å². The SMILES string of the molecule is CN(C(=O)CCc1cc(F)ccc1F)C1CCNC1.Cl. The summed E-state index contributed by atoms with van der Waals surface area (Å²) in [6.45, 7) is 1.72. The largest absolute Gasteiger partial charge is 0.341 e. The number of amides is 1. The van der Waals surface area contributed by atoms with Crippen LogP contribution in [-0.2, 0) is 11.2 Å². The first-order valence-electron chi connectivity index (χ1n) is 6.48. The van der Waals surface area contributed by atoms with Crippen molar-refractivity contribution >= 4 is 18.3 Å². The Morgan fingerprint density at radius 1 is 1.45 bits per heavy atom. The lowest BCUT2D eigenvalue weighted by molar-refractivity contribution is -0.131. The van der Waals surface area contributed by atoms with Crippen molar-refractivity contribution in [3.05, 3.63) is 35.4 Å². The topological polar surface area (TPSA) is 32.3 Å². The van der Waals surface area contributed by atoms with Gasteiger partial charge in [-0.05, 0) is 43.1 Å². The molecule has 1 saturated heterocycles. The van der Waals surface area contributed by atoms with E-state index in [4.69, 9.17) is 0 Å². The van der Waals surface area contributed by atoms with Gasteiger partial charge in [0.15, 0.2) is 0 Å². The van der Waals surface area contributed by atoms with Crippen LogP contribution < -0.4 is 5.32 Å². The van der Waals surface area contributed by atoms with E-state index < -0.39 is 11.6 Å². The summed E-state index contributed by atoms with van der Waals surface area (Å²) in [4.78, 5) is 13.7. The Morgan fingerprint density at radius 3 is 2.85 bits per heavy atom. The minimum Gasteiger partial charge on any atom is -0.341 e. The van der Waals surface area contributed by atoms with Crippen molar-refractivity contribution in [2.75, 3.05) is 20.1 Å². The molecule has 20 heavy (non-hydrogen) atoms. The molecule has 1 heterocycles. The Bertz CT molecular complexity index is 464. The van der Waals surface area contributed by atoms with Gasteiger partial charge in [-0.3, -0.25) is 4.79 Å². The first kappa shape index (κ1) is 16.9. The highest BCUT2D eigenvalue weighted by Crippen LogP contribution is 2.14. The van der Waals surface area contributed by atoms with Gasteiger partial charge >= 0.3 is 0 Å². The second kappa shape index (κ2) is 7.55. The Labute approximate surface area is 123 Å². The lowest BCUT2D eigenvalue weighted by Crippen LogP contribution is -2.38. The van der Waals surface area contributed by atoms with Gasteiger partial charge in [0.05, 0.1) is 0 Å². The van der Waals surface area contributed by atoms with Crippen molar-refractivity contribution in [2.45, 2.75) is 25.3 Å². The zero-order valence-corrected chi connectivity index (χ0v) is 12.2. The van der Waals surface area contributed by atoms with E-state index in [9.17, 15) is 13.6 Å². The summed E-state index contributed by atoms with van der Waals surface area (Å²) in [7, 11) is 1.77. The molecule has 1 amide bonds. The molecule has 0 radical (unpaired) electrons. The predicted molar refractivity (Wildman–Crippen MR) is 76.0 cm³/mol. The second-order valence-electron chi connectivity index (χ2n) is 4.89. The van der Waals surface area contributed by atoms with Crippen molar-refractivity contribution in [1.82, 2.24) is 10.2 Å². The minimum atomic E-state index is -0.475. The lowest BCUT2D eigenvalue weighted by atomic mass is 10.1. The van der Waals surface area contributed by atoms with E-state index in [0.717, 1.165) is 37.7 Å². The number of carbonyl (C=O) groups excluding carboxylic acids is 1. The highest BCUT2D eigenvalue weighted by atomic mass is 35.5. The number of carbonyl (C=O) groups is 1. The van der Waals surface area contributed by atoms with Gasteiger partial charge in [-0.15, -0.1) is 12.4 Å². The summed E-state index contributed by atoms with van der Waals surface area (Å²) in [5, 5.41) is 3.20. The molecule has 0 bridgehead atoms. The fraction of sp³-hybridized carbons (Fsp3) is 0.500. The number of hydrogen-bond acceptors (Lipinski definition) is 2. The quantitative estimate of drug-likeness (QED) is 0.924. The number of halogens is 3. The van der Waals surface area contributed by atoms with Crippen molar-refractivity contribution in [3.8, 4) is 0 Å². The summed E-state index contributed by atoms with van der Waals surface area (Å²) in [5.74, 6) is -0.964. The smallest absolute Gasteiger partial charge is 0.222 e. The van der Waals surface area contributed by atoms with Crippen LogP contribution in [0.4, 0.5) is 8.78 Å². The molecule has 0 spiro atoms. The molecule has 3 nitrogen and oxygen atoms in total. The van der Waals surface area contributed by atoms with Crippen molar-refractivity contribution in [2.24, 2.45) is 0 Å². The van der Waals surface area contributed by atoms with Gasteiger partial charge in [-0.2, -0.15) is 0 Å². The van der Waals surface area contributed by atoms with Gasteiger partial charge in [-0.1, -0.05) is 0 Å². The third-order valence-electron chi connectivity index (χ3n) is 3.59. The average Bonchev–Trinajstić information content (AvgIpc) is 2.92. The molecule has 1 fully saturated rings. The molecule has 6 heteroatoms. The van der Waals surface area contributed by atoms with Gasteiger partial charge in [0.1, 0.15) is 11.6 Å². The third kappa shape index (κ3) is 4.15. The molecule has 0 aromatic heterocycles. The Morgan fingerprint density at radius 2 is 2.20 bits per heavy atom. The molecule has 112 valence electrons. The van der Waals surface area contributed by atoms with Crippen LogP contribution in [0.1, 0.15) is 18.4 Å². The zero-order chi connectivity index (χ0) is 13.8. The van der Waals surface area contributed by atoms with Crippen molar-refractivity contribution in [1.29, 1.82) is 0 Å². The fourth-order valence-electron chi connectivity index (χ4n) is 2.33. The number of nitrogens with one attached hydrogen (secondary N) is 1. The number of hydrogen-bond donors (Lipinski definition) is 1. The molecule has 1 atom stereocenters. The van der Waals surface area contributed by atoms with E-state index >= 15 is 0 Å². The lowest BCUT2D eigenvalue weighted by Gasteiger charge is -2.23. The molecule has 1 unspecified atom stereocenters. The van der Waals surface area contributed by atoms with Crippen LogP contribution in [-0.4, -0.2) is 37.0 Å². The highest BCUT2D eigenvalue weighted by Gasteiger charge is 2.22. The summed E-state index contributed by atoms with van der Waals surface area (Å²) in [5.41, 5.74) is 0.256. The van der Waals surface area contributed by atoms with Gasteiger partial charge < -0.3 is 10.2 Å². The van der Waals surface area contributed by atoms with Crippen LogP contribution in [0.25, 0.3) is 0 Å². The standard InChI is InChI=1S/C14H18F2N2O.ClH/c1-18(12-6-7-17-9-12)14(19)5-2-10-8-11(15)3-4-13(10)16;/h3-4,8,12,17H,2,5-7,9H2,1H3;1H. The first-order chi connectivity index (χ1) is 9.08. The van der Waals surface area contributed by atoms with Crippen LogP contribution in [0, 0.1) is 11.6 Å². The maximum atomic E-state index is 13.4. The Kier molecular flexibility index (Phi) is 6.36. The third-order valence-corrected chi connectivity index (χ3v) is 3.59. The Balaban J connectivity index is 0.00000200. The van der Waals surface area contributed by atoms with E-state index in [1.54, 1.807) is 11.9 Å². The van der Waals surface area contributed by atoms with E-state index in [-0.39, 0.29) is 42.8 Å². The number of aryl methyl sites for hydroxylation is 1. The van der Waals surface area contributed by atoms with Crippen LogP contribution >= 0.6 is 12.4 Å². The maximum absolute atomic E-state index is 13.4. The fourth-order valence-corrected chi connectivity index (χ4v) is 2.33. The average molecular weight is 305 g/mol. The van der Waals surface area contributed by atoms with Crippen molar-refractivity contribution in [3.63, 3.8) is 0 Å². The first-order valence-corrected chi connectivity index (χ1v) is 6.48. The summed E-state index contributed by atoms with van der Waals surface area (Å²) in [6.07, 6.45) is 1.37. The molecule has 1 aliphatic rings. The summed E-state index contributed by atoms with van der Waals surface area (Å²) < 4.78 is 26.4. The van der Waals surface area contributed by atoms with Gasteiger partial charge in [-0.25, -0.2) is 8.78 Å². The van der Waals surface area contributed by atoms with E-state index in [1.807, 2.05) is 0 Å². The molecular formula is C14H19ClF2N2O. The predicted octanol–water partition coefficient (Wildman–Crippen LogP) is 2.14. The Hall–Kier alpha value is -1.20. The molecule has 2 rings (SSSR count). The summed E-state index contributed by atoms with van der Waals surface area (Å²) >= 11 is 0. The molecule has 0 saturated carbocycles. The number of benzene rings is 1. The number of rotatable bonds is 4. The molecule has 0 aliphatic carbocycles. The van der Waals surface area contributed by atoms with Gasteiger partial charge in [0.25, 0.3) is 0 Å².